The van der Waals surface area contributed by atoms with Crippen molar-refractivity contribution in [3.8, 4) is 0 Å². The van der Waals surface area contributed by atoms with Crippen molar-refractivity contribution in [3.05, 3.63) is 0 Å². The Hall–Kier alpha value is -0.940. The molecule has 17 heavy (non-hydrogen) atoms. The van der Waals surface area contributed by atoms with E-state index in [0.717, 1.165) is 12.8 Å². The van der Waals surface area contributed by atoms with Crippen LogP contribution in [-0.4, -0.2) is 49.1 Å². The number of ether oxygens (including phenoxy) is 1. The monoisotopic (exact) mass is 242 g/mol. The van der Waals surface area contributed by atoms with Crippen LogP contribution in [0.15, 0.2) is 0 Å². The van der Waals surface area contributed by atoms with E-state index < -0.39 is 0 Å². The van der Waals surface area contributed by atoms with E-state index in [4.69, 9.17) is 4.74 Å². The Labute approximate surface area is 102 Å². The van der Waals surface area contributed by atoms with Gasteiger partial charge in [-0.25, -0.2) is 0 Å². The lowest BCUT2D eigenvalue weighted by molar-refractivity contribution is -0.138. The number of hydrogen-bond donors (Lipinski definition) is 1. The molecule has 0 saturated carbocycles. The van der Waals surface area contributed by atoms with Crippen LogP contribution in [0, 0.1) is 0 Å². The van der Waals surface area contributed by atoms with E-state index >= 15 is 0 Å². The van der Waals surface area contributed by atoms with Crippen molar-refractivity contribution in [2.75, 3.05) is 20.3 Å². The molecule has 1 heterocycles. The molecule has 2 amide bonds. The number of carbonyl (C=O) groups is 2. The van der Waals surface area contributed by atoms with Gasteiger partial charge < -0.3 is 10.1 Å². The van der Waals surface area contributed by atoms with Crippen LogP contribution < -0.4 is 5.32 Å². The maximum Gasteiger partial charge on any atom is 0.246 e. The predicted octanol–water partition coefficient (Wildman–Crippen LogP) is 0.538. The third kappa shape index (κ3) is 3.51. The number of amides is 2. The molecule has 0 aromatic carbocycles. The largest absolute Gasteiger partial charge is 0.383 e. The van der Waals surface area contributed by atoms with Crippen molar-refractivity contribution in [2.24, 2.45) is 0 Å². The van der Waals surface area contributed by atoms with E-state index in [1.165, 1.54) is 4.90 Å². The number of rotatable bonds is 7. The maximum atomic E-state index is 12.0. The smallest absolute Gasteiger partial charge is 0.246 e. The van der Waals surface area contributed by atoms with Crippen molar-refractivity contribution in [2.45, 2.75) is 45.2 Å². The van der Waals surface area contributed by atoms with Crippen LogP contribution in [0.2, 0.25) is 0 Å². The Balaban J connectivity index is 2.56. The molecule has 0 aromatic heterocycles. The van der Waals surface area contributed by atoms with Crippen molar-refractivity contribution >= 4 is 11.8 Å². The molecule has 1 aliphatic rings. The Morgan fingerprint density at radius 1 is 1.47 bits per heavy atom. The number of nitrogens with one attached hydrogen (secondary N) is 1. The van der Waals surface area contributed by atoms with Crippen LogP contribution in [-0.2, 0) is 14.3 Å². The van der Waals surface area contributed by atoms with E-state index in [9.17, 15) is 9.59 Å². The van der Waals surface area contributed by atoms with Gasteiger partial charge in [0.1, 0.15) is 0 Å². The summed E-state index contributed by atoms with van der Waals surface area (Å²) in [5, 5.41) is 3.20. The first-order valence-electron chi connectivity index (χ1n) is 6.23. The molecule has 1 rings (SSSR count). The van der Waals surface area contributed by atoms with Gasteiger partial charge >= 0.3 is 0 Å². The van der Waals surface area contributed by atoms with Crippen molar-refractivity contribution < 1.29 is 14.3 Å². The molecule has 5 heteroatoms. The molecule has 0 aliphatic carbocycles. The van der Waals surface area contributed by atoms with Crippen LogP contribution >= 0.6 is 0 Å². The Kier molecular flexibility index (Phi) is 5.58. The fraction of sp³-hybridized carbons (Fsp3) is 0.833. The average molecular weight is 242 g/mol. The molecule has 0 spiro atoms. The summed E-state index contributed by atoms with van der Waals surface area (Å²) in [5.41, 5.74) is 0. The number of nitrogens with zero attached hydrogens (tertiary/aromatic N) is 1. The lowest BCUT2D eigenvalue weighted by atomic mass is 10.1. The topological polar surface area (TPSA) is 58.6 Å². The lowest BCUT2D eigenvalue weighted by Gasteiger charge is -2.20. The highest BCUT2D eigenvalue weighted by atomic mass is 16.5. The second-order valence-corrected chi connectivity index (χ2v) is 4.37. The first-order valence-corrected chi connectivity index (χ1v) is 6.23. The van der Waals surface area contributed by atoms with E-state index in [0.29, 0.717) is 13.2 Å². The molecule has 5 nitrogen and oxygen atoms in total. The van der Waals surface area contributed by atoms with E-state index in [1.54, 1.807) is 7.11 Å². The fourth-order valence-corrected chi connectivity index (χ4v) is 2.04. The molecule has 1 N–H and O–H groups in total. The van der Waals surface area contributed by atoms with Gasteiger partial charge in [-0.1, -0.05) is 13.8 Å². The van der Waals surface area contributed by atoms with Crippen molar-refractivity contribution in [1.29, 1.82) is 0 Å². The second-order valence-electron chi connectivity index (χ2n) is 4.37. The number of carbonyl (C=O) groups excluding carboxylic acids is 2. The van der Waals surface area contributed by atoms with Gasteiger partial charge in [0, 0.05) is 19.7 Å². The summed E-state index contributed by atoms with van der Waals surface area (Å²) in [5.74, 6) is -0.159. The molecule has 2 unspecified atom stereocenters. The van der Waals surface area contributed by atoms with Crippen LogP contribution in [0.1, 0.15) is 33.1 Å². The van der Waals surface area contributed by atoms with Crippen LogP contribution in [0.3, 0.4) is 0 Å². The molecule has 2 atom stereocenters. The first-order chi connectivity index (χ1) is 8.13. The summed E-state index contributed by atoms with van der Waals surface area (Å²) in [4.78, 5) is 25.0. The highest BCUT2D eigenvalue weighted by Gasteiger charge is 2.38. The predicted molar refractivity (Wildman–Crippen MR) is 64.5 cm³/mol. The minimum absolute atomic E-state index is 0.0679. The summed E-state index contributed by atoms with van der Waals surface area (Å²) in [6, 6.07) is -0.238. The number of imide groups is 1. The third-order valence-electron chi connectivity index (χ3n) is 2.99. The van der Waals surface area contributed by atoms with Gasteiger partial charge in [-0.2, -0.15) is 0 Å². The summed E-state index contributed by atoms with van der Waals surface area (Å²) in [7, 11) is 1.63. The van der Waals surface area contributed by atoms with Crippen LogP contribution in [0.25, 0.3) is 0 Å². The fourth-order valence-electron chi connectivity index (χ4n) is 2.04. The van der Waals surface area contributed by atoms with Gasteiger partial charge in [-0.3, -0.25) is 14.5 Å². The average Bonchev–Trinajstić information content (AvgIpc) is 2.57. The van der Waals surface area contributed by atoms with Gasteiger partial charge in [0.15, 0.2) is 0 Å². The van der Waals surface area contributed by atoms with E-state index in [-0.39, 0.29) is 30.3 Å². The first kappa shape index (κ1) is 14.1. The van der Waals surface area contributed by atoms with Gasteiger partial charge in [0.25, 0.3) is 0 Å². The van der Waals surface area contributed by atoms with Crippen molar-refractivity contribution in [3.63, 3.8) is 0 Å². The van der Waals surface area contributed by atoms with Gasteiger partial charge in [0.2, 0.25) is 11.8 Å². The summed E-state index contributed by atoms with van der Waals surface area (Å²) in [6.07, 6.45) is 1.96. The Morgan fingerprint density at radius 3 is 2.71 bits per heavy atom. The van der Waals surface area contributed by atoms with Gasteiger partial charge in [-0.15, -0.1) is 0 Å². The molecule has 0 bridgehead atoms. The second kappa shape index (κ2) is 6.71. The molecule has 98 valence electrons. The van der Waals surface area contributed by atoms with E-state index in [2.05, 4.69) is 5.32 Å². The molecule has 1 fully saturated rings. The highest BCUT2D eigenvalue weighted by molar-refractivity contribution is 6.05. The molecule has 0 aromatic rings. The normalized spacial score (nSPS) is 22.3. The number of hydrogen-bond acceptors (Lipinski definition) is 4. The van der Waals surface area contributed by atoms with Gasteiger partial charge in [0.05, 0.1) is 19.1 Å². The van der Waals surface area contributed by atoms with E-state index in [1.807, 2.05) is 13.8 Å². The quantitative estimate of drug-likeness (QED) is 0.662. The molecule has 1 saturated heterocycles. The number of methoxy groups -OCH3 is 1. The standard InChI is InChI=1S/C12H22N2O3/c1-4-6-14-11(15)7-10(12(14)16)13-9(5-2)8-17-3/h9-10,13H,4-8H2,1-3H3. The minimum Gasteiger partial charge on any atom is -0.383 e. The Bertz CT molecular complexity index is 281. The molecular weight excluding hydrogens is 220 g/mol. The summed E-state index contributed by atoms with van der Waals surface area (Å²) < 4.78 is 5.07. The lowest BCUT2D eigenvalue weighted by Crippen LogP contribution is -2.45. The zero-order valence-corrected chi connectivity index (χ0v) is 10.9. The highest BCUT2D eigenvalue weighted by Crippen LogP contribution is 2.14. The van der Waals surface area contributed by atoms with Crippen LogP contribution in [0.5, 0.6) is 0 Å². The third-order valence-corrected chi connectivity index (χ3v) is 2.99. The molecule has 1 aliphatic heterocycles. The molecule has 0 radical (unpaired) electrons. The summed E-state index contributed by atoms with van der Waals surface area (Å²) >= 11 is 0. The zero-order valence-electron chi connectivity index (χ0n) is 10.9. The van der Waals surface area contributed by atoms with Gasteiger partial charge in [-0.05, 0) is 12.8 Å². The summed E-state index contributed by atoms with van der Waals surface area (Å²) in [6.45, 7) is 5.07. The molecular formula is C12H22N2O3. The SMILES string of the molecule is CCCN1C(=O)CC(NC(CC)COC)C1=O. The zero-order chi connectivity index (χ0) is 12.8. The number of likely N-dealkylation sites (tertiary alicyclic amines) is 1. The minimum atomic E-state index is -0.367. The maximum absolute atomic E-state index is 12.0. The van der Waals surface area contributed by atoms with Crippen molar-refractivity contribution in [1.82, 2.24) is 10.2 Å². The Morgan fingerprint density at radius 2 is 2.18 bits per heavy atom. The van der Waals surface area contributed by atoms with Crippen LogP contribution in [0.4, 0.5) is 0 Å².